The molecule has 1 aliphatic heterocycles. The van der Waals surface area contributed by atoms with E-state index in [2.05, 4.69) is 6.58 Å². The van der Waals surface area contributed by atoms with Gasteiger partial charge in [0.2, 0.25) is 5.79 Å². The minimum atomic E-state index is -0.536. The molecule has 0 aromatic carbocycles. The quantitative estimate of drug-likeness (QED) is 0.492. The summed E-state index contributed by atoms with van der Waals surface area (Å²) in [6.07, 6.45) is 3.27. The van der Waals surface area contributed by atoms with Gasteiger partial charge >= 0.3 is 0 Å². The van der Waals surface area contributed by atoms with Crippen molar-refractivity contribution in [1.82, 2.24) is 0 Å². The Kier molecular flexibility index (Phi) is 1.24. The molecule has 1 aliphatic rings. The van der Waals surface area contributed by atoms with Crippen molar-refractivity contribution in [3.8, 4) is 0 Å². The van der Waals surface area contributed by atoms with Gasteiger partial charge in [0.05, 0.1) is 6.26 Å². The molecule has 1 heterocycles. The Labute approximate surface area is 54.8 Å². The first-order valence-corrected chi connectivity index (χ1v) is 2.82. The molecule has 0 unspecified atom stereocenters. The summed E-state index contributed by atoms with van der Waals surface area (Å²) in [4.78, 5) is 0. The molecule has 0 bridgehead atoms. The van der Waals surface area contributed by atoms with Crippen LogP contribution in [0.3, 0.4) is 0 Å². The zero-order valence-corrected chi connectivity index (χ0v) is 5.68. The maximum Gasteiger partial charge on any atom is 0.244 e. The minimum absolute atomic E-state index is 0.536. The fraction of sp³-hybridized carbons (Fsp3) is 0.429. The van der Waals surface area contributed by atoms with Crippen LogP contribution in [-0.2, 0) is 9.47 Å². The second-order valence-corrected chi connectivity index (χ2v) is 2.39. The van der Waals surface area contributed by atoms with E-state index in [1.165, 1.54) is 0 Å². The lowest BCUT2D eigenvalue weighted by Gasteiger charge is -2.28. The first kappa shape index (κ1) is 6.20. The largest absolute Gasteiger partial charge is 0.460 e. The van der Waals surface area contributed by atoms with Crippen molar-refractivity contribution >= 4 is 0 Å². The summed E-state index contributed by atoms with van der Waals surface area (Å²) in [5, 5.41) is 0. The van der Waals surface area contributed by atoms with E-state index < -0.39 is 5.79 Å². The van der Waals surface area contributed by atoms with Gasteiger partial charge in [-0.2, -0.15) is 0 Å². The van der Waals surface area contributed by atoms with Crippen molar-refractivity contribution in [2.24, 2.45) is 0 Å². The van der Waals surface area contributed by atoms with Crippen LogP contribution < -0.4 is 0 Å². The average molecular weight is 126 g/mol. The summed E-state index contributed by atoms with van der Waals surface area (Å²) >= 11 is 0. The Morgan fingerprint density at radius 1 is 1.56 bits per heavy atom. The Hall–Kier alpha value is -0.920. The molecule has 0 aromatic rings. The monoisotopic (exact) mass is 126 g/mol. The van der Waals surface area contributed by atoms with E-state index in [1.54, 1.807) is 12.3 Å². The number of hydrogen-bond donors (Lipinski definition) is 0. The molecule has 0 fully saturated rings. The van der Waals surface area contributed by atoms with E-state index in [9.17, 15) is 0 Å². The van der Waals surface area contributed by atoms with Gasteiger partial charge in [-0.25, -0.2) is 0 Å². The predicted octanol–water partition coefficient (Wildman–Crippen LogP) is 1.80. The van der Waals surface area contributed by atoms with Gasteiger partial charge in [0.15, 0.2) is 0 Å². The number of rotatable bonds is 0. The van der Waals surface area contributed by atoms with Crippen molar-refractivity contribution in [2.45, 2.75) is 19.6 Å². The molecule has 0 spiro atoms. The number of hydrogen-bond acceptors (Lipinski definition) is 2. The van der Waals surface area contributed by atoms with Crippen molar-refractivity contribution in [1.29, 1.82) is 0 Å². The van der Waals surface area contributed by atoms with E-state index in [-0.39, 0.29) is 0 Å². The fourth-order valence-electron chi connectivity index (χ4n) is 0.648. The molecule has 0 aliphatic carbocycles. The maximum absolute atomic E-state index is 5.17. The minimum Gasteiger partial charge on any atom is -0.460 e. The highest BCUT2D eigenvalue weighted by Gasteiger charge is 2.21. The molecular weight excluding hydrogens is 116 g/mol. The standard InChI is InChI=1S/C7H10O2/c1-6-4-5-8-7(2,3)9-6/h4-5H,1H2,2-3H3. The fourth-order valence-corrected chi connectivity index (χ4v) is 0.648. The van der Waals surface area contributed by atoms with Gasteiger partial charge in [0, 0.05) is 19.9 Å². The first-order chi connectivity index (χ1) is 4.10. The number of allylic oxidation sites excluding steroid dienone is 1. The topological polar surface area (TPSA) is 18.5 Å². The molecule has 50 valence electrons. The van der Waals surface area contributed by atoms with Crippen LogP contribution >= 0.6 is 0 Å². The number of ether oxygens (including phenoxy) is 2. The normalized spacial score (nSPS) is 22.7. The summed E-state index contributed by atoms with van der Waals surface area (Å²) in [6, 6.07) is 0. The Morgan fingerprint density at radius 3 is 2.56 bits per heavy atom. The molecule has 0 radical (unpaired) electrons. The Morgan fingerprint density at radius 2 is 2.22 bits per heavy atom. The third-order valence-corrected chi connectivity index (χ3v) is 0.983. The SMILES string of the molecule is C=C1C=COC(C)(C)O1. The molecule has 0 N–H and O–H groups in total. The molecule has 0 saturated carbocycles. The van der Waals surface area contributed by atoms with E-state index in [0.29, 0.717) is 5.76 Å². The van der Waals surface area contributed by atoms with Crippen LogP contribution in [0.5, 0.6) is 0 Å². The molecule has 0 amide bonds. The highest BCUT2D eigenvalue weighted by atomic mass is 16.7. The van der Waals surface area contributed by atoms with Gasteiger partial charge in [0.25, 0.3) is 0 Å². The smallest absolute Gasteiger partial charge is 0.244 e. The van der Waals surface area contributed by atoms with E-state index in [1.807, 2.05) is 13.8 Å². The zero-order valence-electron chi connectivity index (χ0n) is 5.68. The van der Waals surface area contributed by atoms with E-state index >= 15 is 0 Å². The van der Waals surface area contributed by atoms with Crippen molar-refractivity contribution in [2.75, 3.05) is 0 Å². The molecule has 9 heavy (non-hydrogen) atoms. The molecule has 2 heteroatoms. The first-order valence-electron chi connectivity index (χ1n) is 2.82. The van der Waals surface area contributed by atoms with Crippen LogP contribution in [0.4, 0.5) is 0 Å². The highest BCUT2D eigenvalue weighted by Crippen LogP contribution is 2.20. The summed E-state index contributed by atoms with van der Waals surface area (Å²) in [6.45, 7) is 7.29. The van der Waals surface area contributed by atoms with Crippen LogP contribution in [0.1, 0.15) is 13.8 Å². The zero-order chi connectivity index (χ0) is 6.91. The van der Waals surface area contributed by atoms with Crippen LogP contribution in [0, 0.1) is 0 Å². The Balaban J connectivity index is 2.68. The summed E-state index contributed by atoms with van der Waals surface area (Å²) in [5.41, 5.74) is 0. The van der Waals surface area contributed by atoms with Gasteiger partial charge in [0.1, 0.15) is 5.76 Å². The molecule has 0 atom stereocenters. The molecule has 0 aromatic heterocycles. The van der Waals surface area contributed by atoms with Gasteiger partial charge in [-0.1, -0.05) is 6.58 Å². The van der Waals surface area contributed by atoms with Crippen LogP contribution in [-0.4, -0.2) is 5.79 Å². The van der Waals surface area contributed by atoms with Crippen molar-refractivity contribution < 1.29 is 9.47 Å². The average Bonchev–Trinajstić information content (AvgIpc) is 1.60. The third-order valence-electron chi connectivity index (χ3n) is 0.983. The van der Waals surface area contributed by atoms with Crippen LogP contribution in [0.15, 0.2) is 24.7 Å². The van der Waals surface area contributed by atoms with Gasteiger partial charge in [-0.15, -0.1) is 0 Å². The summed E-state index contributed by atoms with van der Waals surface area (Å²) in [5.74, 6) is 0.109. The van der Waals surface area contributed by atoms with E-state index in [0.717, 1.165) is 0 Å². The third kappa shape index (κ3) is 1.49. The van der Waals surface area contributed by atoms with Crippen molar-refractivity contribution in [3.63, 3.8) is 0 Å². The second kappa shape index (κ2) is 1.79. The highest BCUT2D eigenvalue weighted by molar-refractivity contribution is 5.07. The Bertz CT molecular complexity index is 156. The van der Waals surface area contributed by atoms with Crippen LogP contribution in [0.25, 0.3) is 0 Å². The summed E-state index contributed by atoms with van der Waals surface area (Å²) < 4.78 is 10.2. The predicted molar refractivity (Wildman–Crippen MR) is 34.5 cm³/mol. The molecule has 2 nitrogen and oxygen atoms in total. The van der Waals surface area contributed by atoms with Gasteiger partial charge < -0.3 is 9.47 Å². The summed E-state index contributed by atoms with van der Waals surface area (Å²) in [7, 11) is 0. The molecular formula is C7H10O2. The van der Waals surface area contributed by atoms with E-state index in [4.69, 9.17) is 9.47 Å². The molecule has 1 rings (SSSR count). The van der Waals surface area contributed by atoms with Crippen LogP contribution in [0.2, 0.25) is 0 Å². The lowest BCUT2D eigenvalue weighted by molar-refractivity contribution is -0.160. The van der Waals surface area contributed by atoms with Gasteiger partial charge in [-0.3, -0.25) is 0 Å². The van der Waals surface area contributed by atoms with Gasteiger partial charge in [-0.05, 0) is 0 Å². The maximum atomic E-state index is 5.17. The lowest BCUT2D eigenvalue weighted by atomic mass is 10.3. The van der Waals surface area contributed by atoms with Crippen molar-refractivity contribution in [3.05, 3.63) is 24.7 Å². The molecule has 0 saturated heterocycles. The second-order valence-electron chi connectivity index (χ2n) is 2.39. The lowest BCUT2D eigenvalue weighted by Crippen LogP contribution is -2.27.